The van der Waals surface area contributed by atoms with Crippen LogP contribution in [0.5, 0.6) is 5.75 Å². The van der Waals surface area contributed by atoms with E-state index in [2.05, 4.69) is 10.5 Å². The number of nitrogens with one attached hydrogen (secondary N) is 1. The van der Waals surface area contributed by atoms with Crippen molar-refractivity contribution in [1.82, 2.24) is 5.43 Å². The molecule has 1 fully saturated rings. The second kappa shape index (κ2) is 11.9. The molecule has 1 aromatic carbocycles. The third kappa shape index (κ3) is 8.22. The van der Waals surface area contributed by atoms with Crippen LogP contribution in [0.25, 0.3) is 0 Å². The van der Waals surface area contributed by atoms with Crippen LogP contribution in [-0.4, -0.2) is 18.2 Å². The number of aryl methyl sites for hydroxylation is 1. The monoisotopic (exact) mass is 378 g/mol. The summed E-state index contributed by atoms with van der Waals surface area (Å²) in [5, 5.41) is 5.04. The lowest BCUT2D eigenvalue weighted by atomic mass is 10.00. The maximum absolute atomic E-state index is 12.0. The largest absolute Gasteiger partial charge is 0.483 e. The summed E-state index contributed by atoms with van der Waals surface area (Å²) in [4.78, 5) is 12.0. The lowest BCUT2D eigenvalue weighted by Crippen LogP contribution is -2.26. The lowest BCUT2D eigenvalue weighted by Gasteiger charge is -2.11. The number of ether oxygens (including phenoxy) is 1. The number of hydrogen-bond acceptors (Lipinski definition) is 3. The van der Waals surface area contributed by atoms with Crippen LogP contribution in [0.2, 0.25) is 5.02 Å². The number of carbonyl (C=O) groups is 1. The van der Waals surface area contributed by atoms with Crippen LogP contribution >= 0.6 is 11.6 Å². The van der Waals surface area contributed by atoms with Gasteiger partial charge in [-0.3, -0.25) is 4.79 Å². The number of halogens is 1. The summed E-state index contributed by atoms with van der Waals surface area (Å²) in [6.07, 6.45) is 13.5. The molecule has 0 radical (unpaired) electrons. The van der Waals surface area contributed by atoms with E-state index >= 15 is 0 Å². The van der Waals surface area contributed by atoms with Gasteiger partial charge in [0.1, 0.15) is 5.75 Å². The van der Waals surface area contributed by atoms with Crippen molar-refractivity contribution < 1.29 is 9.53 Å². The Labute approximate surface area is 162 Å². The molecule has 1 amide bonds. The van der Waals surface area contributed by atoms with E-state index in [0.717, 1.165) is 37.0 Å². The van der Waals surface area contributed by atoms with Gasteiger partial charge in [-0.15, -0.1) is 0 Å². The number of benzene rings is 1. The predicted octanol–water partition coefficient (Wildman–Crippen LogP) is 5.80. The fourth-order valence-electron chi connectivity index (χ4n) is 3.22. The molecule has 0 bridgehead atoms. The first-order valence-corrected chi connectivity index (χ1v) is 10.3. The molecule has 0 heterocycles. The summed E-state index contributed by atoms with van der Waals surface area (Å²) >= 11 is 5.93. The van der Waals surface area contributed by atoms with Crippen LogP contribution in [0.3, 0.4) is 0 Å². The molecule has 1 aliphatic rings. The van der Waals surface area contributed by atoms with Gasteiger partial charge in [0.15, 0.2) is 6.61 Å². The number of nitrogens with zero attached hydrogens (tertiary/aromatic N) is 1. The first-order chi connectivity index (χ1) is 12.6. The van der Waals surface area contributed by atoms with Crippen molar-refractivity contribution in [3.63, 3.8) is 0 Å². The molecule has 0 aliphatic heterocycles. The Hall–Kier alpha value is -1.55. The molecule has 1 saturated carbocycles. The van der Waals surface area contributed by atoms with E-state index < -0.39 is 0 Å². The molecule has 2 rings (SSSR count). The molecular weight excluding hydrogens is 348 g/mol. The van der Waals surface area contributed by atoms with Gasteiger partial charge in [0.2, 0.25) is 0 Å². The van der Waals surface area contributed by atoms with Gasteiger partial charge in [-0.1, -0.05) is 56.5 Å². The van der Waals surface area contributed by atoms with Crippen molar-refractivity contribution in [2.24, 2.45) is 5.10 Å². The summed E-state index contributed by atoms with van der Waals surface area (Å²) < 4.78 is 5.57. The fourth-order valence-corrected chi connectivity index (χ4v) is 3.45. The van der Waals surface area contributed by atoms with Crippen molar-refractivity contribution in [1.29, 1.82) is 0 Å². The zero-order valence-corrected chi connectivity index (χ0v) is 16.6. The van der Waals surface area contributed by atoms with Crippen LogP contribution in [0, 0.1) is 6.92 Å². The van der Waals surface area contributed by atoms with E-state index in [1.807, 2.05) is 13.0 Å². The summed E-state index contributed by atoms with van der Waals surface area (Å²) in [6, 6.07) is 5.36. The Kier molecular flexibility index (Phi) is 9.54. The molecule has 0 spiro atoms. The van der Waals surface area contributed by atoms with E-state index in [9.17, 15) is 4.79 Å². The zero-order chi connectivity index (χ0) is 18.6. The molecular formula is C21H31ClN2O2. The Balaban J connectivity index is 1.79. The van der Waals surface area contributed by atoms with Crippen LogP contribution in [0.1, 0.15) is 76.2 Å². The summed E-state index contributed by atoms with van der Waals surface area (Å²) in [7, 11) is 0. The highest BCUT2D eigenvalue weighted by molar-refractivity contribution is 6.30. The van der Waals surface area contributed by atoms with Crippen molar-refractivity contribution in [3.8, 4) is 5.75 Å². The average molecular weight is 379 g/mol. The molecule has 0 saturated heterocycles. The summed E-state index contributed by atoms with van der Waals surface area (Å²) in [5.74, 6) is 0.446. The van der Waals surface area contributed by atoms with Gasteiger partial charge < -0.3 is 4.74 Å². The van der Waals surface area contributed by atoms with Crippen LogP contribution in [-0.2, 0) is 4.79 Å². The number of hydrazone groups is 1. The smallest absolute Gasteiger partial charge is 0.277 e. The van der Waals surface area contributed by atoms with Gasteiger partial charge in [0, 0.05) is 10.7 Å². The Morgan fingerprint density at radius 3 is 2.19 bits per heavy atom. The van der Waals surface area contributed by atoms with Gasteiger partial charge in [-0.2, -0.15) is 5.10 Å². The molecule has 0 atom stereocenters. The Morgan fingerprint density at radius 1 is 1.04 bits per heavy atom. The van der Waals surface area contributed by atoms with Crippen molar-refractivity contribution in [3.05, 3.63) is 28.8 Å². The number of amides is 1. The molecule has 4 nitrogen and oxygen atoms in total. The first kappa shape index (κ1) is 20.8. The molecule has 26 heavy (non-hydrogen) atoms. The summed E-state index contributed by atoms with van der Waals surface area (Å²) in [6.45, 7) is 1.86. The van der Waals surface area contributed by atoms with Crippen LogP contribution in [0.4, 0.5) is 0 Å². The zero-order valence-electron chi connectivity index (χ0n) is 15.9. The molecule has 1 aliphatic carbocycles. The topological polar surface area (TPSA) is 50.7 Å². The highest BCUT2D eigenvalue weighted by Crippen LogP contribution is 2.21. The highest BCUT2D eigenvalue weighted by atomic mass is 35.5. The summed E-state index contributed by atoms with van der Waals surface area (Å²) in [5.41, 5.74) is 4.69. The quantitative estimate of drug-likeness (QED) is 0.672. The molecule has 1 N–H and O–H groups in total. The standard InChI is InChI=1S/C21H31ClN2O2/c1-17-15-18(22)13-14-20(17)26-16-21(25)24-23-19-11-9-7-5-3-2-4-6-8-10-12-19/h13-15H,2-12,16H2,1H3,(H,24,25). The minimum Gasteiger partial charge on any atom is -0.483 e. The van der Waals surface area contributed by atoms with E-state index in [-0.39, 0.29) is 12.5 Å². The van der Waals surface area contributed by atoms with Gasteiger partial charge >= 0.3 is 0 Å². The third-order valence-electron chi connectivity index (χ3n) is 4.77. The lowest BCUT2D eigenvalue weighted by molar-refractivity contribution is -0.123. The van der Waals surface area contributed by atoms with E-state index in [0.29, 0.717) is 10.8 Å². The maximum atomic E-state index is 12.0. The number of rotatable bonds is 4. The van der Waals surface area contributed by atoms with Crippen molar-refractivity contribution in [2.75, 3.05) is 6.61 Å². The van der Waals surface area contributed by atoms with Gasteiger partial charge in [0.05, 0.1) is 0 Å². The minimum absolute atomic E-state index is 0.0424. The highest BCUT2D eigenvalue weighted by Gasteiger charge is 2.07. The van der Waals surface area contributed by atoms with Gasteiger partial charge in [-0.05, 0) is 56.4 Å². The minimum atomic E-state index is -0.224. The first-order valence-electron chi connectivity index (χ1n) is 9.88. The van der Waals surface area contributed by atoms with Crippen LogP contribution < -0.4 is 10.2 Å². The van der Waals surface area contributed by atoms with E-state index in [1.165, 1.54) is 44.9 Å². The Morgan fingerprint density at radius 2 is 1.62 bits per heavy atom. The maximum Gasteiger partial charge on any atom is 0.277 e. The van der Waals surface area contributed by atoms with E-state index in [4.69, 9.17) is 16.3 Å². The van der Waals surface area contributed by atoms with Gasteiger partial charge in [-0.25, -0.2) is 5.43 Å². The van der Waals surface area contributed by atoms with Crippen molar-refractivity contribution in [2.45, 2.75) is 77.6 Å². The average Bonchev–Trinajstić information content (AvgIpc) is 2.60. The van der Waals surface area contributed by atoms with Crippen LogP contribution in [0.15, 0.2) is 23.3 Å². The van der Waals surface area contributed by atoms with E-state index in [1.54, 1.807) is 12.1 Å². The SMILES string of the molecule is Cc1cc(Cl)ccc1OCC(=O)NN=C1CCCCCCCCCCC1. The molecule has 0 aromatic heterocycles. The molecule has 5 heteroatoms. The molecule has 1 aromatic rings. The number of carbonyl (C=O) groups excluding carboxylic acids is 1. The second-order valence-corrected chi connectivity index (χ2v) is 7.53. The molecule has 0 unspecified atom stereocenters. The predicted molar refractivity (Wildman–Crippen MR) is 108 cm³/mol. The fraction of sp³-hybridized carbons (Fsp3) is 0.619. The van der Waals surface area contributed by atoms with Gasteiger partial charge in [0.25, 0.3) is 5.91 Å². The third-order valence-corrected chi connectivity index (χ3v) is 5.00. The second-order valence-electron chi connectivity index (χ2n) is 7.09. The number of hydrogen-bond donors (Lipinski definition) is 1. The molecule has 144 valence electrons. The van der Waals surface area contributed by atoms with Crippen molar-refractivity contribution >= 4 is 23.2 Å². The Bertz CT molecular complexity index is 588. The normalized spacial score (nSPS) is 16.9.